The monoisotopic (exact) mass is 256 g/mol. The van der Waals surface area contributed by atoms with Crippen molar-refractivity contribution in [1.82, 2.24) is 0 Å². The maximum absolute atomic E-state index is 10.7. The zero-order valence-corrected chi connectivity index (χ0v) is 10.1. The van der Waals surface area contributed by atoms with Crippen LogP contribution in [-0.2, 0) is 4.79 Å². The fourth-order valence-corrected chi connectivity index (χ4v) is 1.40. The Balaban J connectivity index is 2.84. The molecule has 0 aromatic heterocycles. The summed E-state index contributed by atoms with van der Waals surface area (Å²) in [6, 6.07) is 3.83. The minimum Gasteiger partial charge on any atom is -0.486 e. The lowest BCUT2D eigenvalue weighted by atomic mass is 10.1. The minimum absolute atomic E-state index is 0.0308. The van der Waals surface area contributed by atoms with Gasteiger partial charge in [0.2, 0.25) is 0 Å². The second kappa shape index (κ2) is 4.60. The first-order chi connectivity index (χ1) is 6.50. The molecule has 14 heavy (non-hydrogen) atoms. The highest BCUT2D eigenvalue weighted by atomic mass is 79.9. The highest BCUT2D eigenvalue weighted by Gasteiger charge is 2.03. The molecule has 76 valence electrons. The molecule has 1 aromatic carbocycles. The Kier molecular flexibility index (Phi) is 3.69. The van der Waals surface area contributed by atoms with Crippen molar-refractivity contribution in [2.24, 2.45) is 0 Å². The van der Waals surface area contributed by atoms with Crippen LogP contribution in [0.25, 0.3) is 0 Å². The summed E-state index contributed by atoms with van der Waals surface area (Å²) < 4.78 is 6.40. The molecule has 1 rings (SSSR count). The quantitative estimate of drug-likeness (QED) is 0.831. The van der Waals surface area contributed by atoms with E-state index in [1.165, 1.54) is 6.92 Å². The number of benzene rings is 1. The number of Topliss-reactive ketones (excluding diaryl/α,β-unsaturated/α-hetero) is 1. The number of ether oxygens (including phenoxy) is 1. The van der Waals surface area contributed by atoms with Crippen LogP contribution in [0, 0.1) is 13.8 Å². The molecule has 0 amide bonds. The van der Waals surface area contributed by atoms with Crippen LogP contribution in [0.5, 0.6) is 5.75 Å². The van der Waals surface area contributed by atoms with Gasteiger partial charge < -0.3 is 4.74 Å². The molecule has 0 aliphatic rings. The molecular weight excluding hydrogens is 244 g/mol. The van der Waals surface area contributed by atoms with E-state index in [9.17, 15) is 4.79 Å². The number of carbonyl (C=O) groups is 1. The van der Waals surface area contributed by atoms with Crippen LogP contribution >= 0.6 is 15.9 Å². The number of hydrogen-bond donors (Lipinski definition) is 0. The molecule has 0 unspecified atom stereocenters. The molecule has 0 bridgehead atoms. The summed E-state index contributed by atoms with van der Waals surface area (Å²) in [7, 11) is 0. The highest BCUT2D eigenvalue weighted by molar-refractivity contribution is 9.10. The second-order valence-electron chi connectivity index (χ2n) is 3.36. The van der Waals surface area contributed by atoms with E-state index < -0.39 is 0 Å². The van der Waals surface area contributed by atoms with Gasteiger partial charge in [-0.25, -0.2) is 0 Å². The molecule has 0 N–H and O–H groups in total. The predicted octanol–water partition coefficient (Wildman–Crippen LogP) is 3.03. The van der Waals surface area contributed by atoms with Crippen molar-refractivity contribution in [3.05, 3.63) is 27.7 Å². The molecule has 0 spiro atoms. The Morgan fingerprint density at radius 3 is 2.29 bits per heavy atom. The first kappa shape index (κ1) is 11.2. The van der Waals surface area contributed by atoms with E-state index in [4.69, 9.17) is 4.74 Å². The largest absolute Gasteiger partial charge is 0.486 e. The van der Waals surface area contributed by atoms with Crippen LogP contribution < -0.4 is 4.74 Å². The van der Waals surface area contributed by atoms with Crippen molar-refractivity contribution < 1.29 is 9.53 Å². The topological polar surface area (TPSA) is 26.3 Å². The number of rotatable bonds is 3. The molecular formula is C11H13BrO2. The Morgan fingerprint density at radius 2 is 1.86 bits per heavy atom. The second-order valence-corrected chi connectivity index (χ2v) is 4.15. The minimum atomic E-state index is 0.0308. The van der Waals surface area contributed by atoms with Crippen molar-refractivity contribution in [2.75, 3.05) is 6.61 Å². The standard InChI is InChI=1S/C11H13BrO2/c1-7-4-10(14-6-9(3)13)5-8(2)11(7)12/h4-5H,6H2,1-3H3. The average molecular weight is 257 g/mol. The molecule has 0 heterocycles. The summed E-state index contributed by atoms with van der Waals surface area (Å²) in [4.78, 5) is 10.7. The first-order valence-electron chi connectivity index (χ1n) is 4.39. The lowest BCUT2D eigenvalue weighted by Gasteiger charge is -2.08. The SMILES string of the molecule is CC(=O)COc1cc(C)c(Br)c(C)c1. The summed E-state index contributed by atoms with van der Waals surface area (Å²) in [5.41, 5.74) is 2.23. The van der Waals surface area contributed by atoms with Gasteiger partial charge in [0.25, 0.3) is 0 Å². The smallest absolute Gasteiger partial charge is 0.167 e. The van der Waals surface area contributed by atoms with Gasteiger partial charge in [0.15, 0.2) is 5.78 Å². The lowest BCUT2D eigenvalue weighted by molar-refractivity contribution is -0.118. The molecule has 0 aliphatic carbocycles. The third-order valence-corrected chi connectivity index (χ3v) is 3.10. The Bertz CT molecular complexity index is 335. The van der Waals surface area contributed by atoms with Gasteiger partial charge in [-0.2, -0.15) is 0 Å². The summed E-state index contributed by atoms with van der Waals surface area (Å²) in [6.45, 7) is 5.65. The molecule has 0 fully saturated rings. The van der Waals surface area contributed by atoms with Gasteiger partial charge in [-0.15, -0.1) is 0 Å². The number of aryl methyl sites for hydroxylation is 2. The Morgan fingerprint density at radius 1 is 1.36 bits per heavy atom. The number of ketones is 1. The average Bonchev–Trinajstić information content (AvgIpc) is 2.10. The van der Waals surface area contributed by atoms with Crippen molar-refractivity contribution in [1.29, 1.82) is 0 Å². The maximum atomic E-state index is 10.7. The molecule has 0 atom stereocenters. The predicted molar refractivity (Wildman–Crippen MR) is 59.8 cm³/mol. The van der Waals surface area contributed by atoms with E-state index >= 15 is 0 Å². The van der Waals surface area contributed by atoms with Gasteiger partial charge in [0.05, 0.1) is 0 Å². The van der Waals surface area contributed by atoms with Gasteiger partial charge in [0, 0.05) is 4.47 Å². The van der Waals surface area contributed by atoms with E-state index in [2.05, 4.69) is 15.9 Å². The lowest BCUT2D eigenvalue weighted by Crippen LogP contribution is -2.06. The number of hydrogen-bond acceptors (Lipinski definition) is 2. The third kappa shape index (κ3) is 2.84. The first-order valence-corrected chi connectivity index (χ1v) is 5.19. The number of halogens is 1. The van der Waals surface area contributed by atoms with Gasteiger partial charge >= 0.3 is 0 Å². The summed E-state index contributed by atoms with van der Waals surface area (Å²) in [6.07, 6.45) is 0. The Labute approximate surface area is 92.4 Å². The van der Waals surface area contributed by atoms with Crippen molar-refractivity contribution in [2.45, 2.75) is 20.8 Å². The summed E-state index contributed by atoms with van der Waals surface area (Å²) >= 11 is 3.47. The zero-order chi connectivity index (χ0) is 10.7. The molecule has 0 saturated heterocycles. The summed E-state index contributed by atoms with van der Waals surface area (Å²) in [5, 5.41) is 0. The molecule has 3 heteroatoms. The van der Waals surface area contributed by atoms with E-state index in [0.717, 1.165) is 21.3 Å². The van der Waals surface area contributed by atoms with Gasteiger partial charge in [-0.3, -0.25) is 4.79 Å². The maximum Gasteiger partial charge on any atom is 0.167 e. The summed E-state index contributed by atoms with van der Waals surface area (Å²) in [5.74, 6) is 0.779. The molecule has 0 aliphatic heterocycles. The fourth-order valence-electron chi connectivity index (χ4n) is 1.17. The van der Waals surface area contributed by atoms with Gasteiger partial charge in [0.1, 0.15) is 12.4 Å². The highest BCUT2D eigenvalue weighted by Crippen LogP contribution is 2.26. The van der Waals surface area contributed by atoms with Gasteiger partial charge in [-0.05, 0) is 44.0 Å². The molecule has 2 nitrogen and oxygen atoms in total. The fraction of sp³-hybridized carbons (Fsp3) is 0.364. The van der Waals surface area contributed by atoms with Crippen LogP contribution in [0.3, 0.4) is 0 Å². The zero-order valence-electron chi connectivity index (χ0n) is 8.56. The van der Waals surface area contributed by atoms with E-state index in [-0.39, 0.29) is 12.4 Å². The van der Waals surface area contributed by atoms with Gasteiger partial charge in [-0.1, -0.05) is 15.9 Å². The van der Waals surface area contributed by atoms with Crippen LogP contribution in [0.1, 0.15) is 18.1 Å². The van der Waals surface area contributed by atoms with E-state index in [0.29, 0.717) is 0 Å². The normalized spacial score (nSPS) is 10.0. The van der Waals surface area contributed by atoms with Crippen LogP contribution in [0.4, 0.5) is 0 Å². The number of carbonyl (C=O) groups excluding carboxylic acids is 1. The van der Waals surface area contributed by atoms with Crippen LogP contribution in [0.2, 0.25) is 0 Å². The van der Waals surface area contributed by atoms with E-state index in [1.54, 1.807) is 0 Å². The molecule has 0 saturated carbocycles. The van der Waals surface area contributed by atoms with Crippen molar-refractivity contribution in [3.8, 4) is 5.75 Å². The third-order valence-electron chi connectivity index (χ3n) is 1.85. The molecule has 1 aromatic rings. The van der Waals surface area contributed by atoms with Crippen molar-refractivity contribution >= 4 is 21.7 Å². The van der Waals surface area contributed by atoms with E-state index in [1.807, 2.05) is 26.0 Å². The van der Waals surface area contributed by atoms with Crippen molar-refractivity contribution in [3.63, 3.8) is 0 Å². The molecule has 0 radical (unpaired) electrons. The van der Waals surface area contributed by atoms with Crippen LogP contribution in [0.15, 0.2) is 16.6 Å². The van der Waals surface area contributed by atoms with Crippen LogP contribution in [-0.4, -0.2) is 12.4 Å². The Hall–Kier alpha value is -0.830.